The van der Waals surface area contributed by atoms with E-state index in [0.717, 1.165) is 64.6 Å². The second-order valence-corrected chi connectivity index (χ2v) is 10.4. The minimum atomic E-state index is -0.0405. The Balaban J connectivity index is 1.46. The van der Waals surface area contributed by atoms with Crippen LogP contribution in [0.1, 0.15) is 96.4 Å². The molecule has 3 aliphatic rings. The molecule has 1 unspecified atom stereocenters. The quantitative estimate of drug-likeness (QED) is 0.660. The molecular formula is C24H39N5O3. The van der Waals surface area contributed by atoms with Crippen LogP contribution in [-0.2, 0) is 9.59 Å². The van der Waals surface area contributed by atoms with Gasteiger partial charge >= 0.3 is 0 Å². The maximum absolute atomic E-state index is 12.9. The van der Waals surface area contributed by atoms with Gasteiger partial charge < -0.3 is 14.6 Å². The van der Waals surface area contributed by atoms with Gasteiger partial charge in [-0.25, -0.2) is 0 Å². The molecule has 1 atom stereocenters. The summed E-state index contributed by atoms with van der Waals surface area (Å²) in [5.41, 5.74) is 0.0850. The van der Waals surface area contributed by atoms with Crippen LogP contribution in [0.5, 0.6) is 0 Å². The van der Waals surface area contributed by atoms with Crippen molar-refractivity contribution in [1.82, 2.24) is 25.3 Å². The zero-order chi connectivity index (χ0) is 22.9. The summed E-state index contributed by atoms with van der Waals surface area (Å²) in [5, 5.41) is 11.7. The maximum Gasteiger partial charge on any atom is 0.234 e. The van der Waals surface area contributed by atoms with Gasteiger partial charge in [-0.1, -0.05) is 27.7 Å². The largest absolute Gasteiger partial charge is 0.423 e. The van der Waals surface area contributed by atoms with E-state index in [4.69, 9.17) is 4.42 Å². The molecule has 3 heterocycles. The molecule has 8 heteroatoms. The number of amides is 2. The first-order valence-corrected chi connectivity index (χ1v) is 12.5. The van der Waals surface area contributed by atoms with Crippen molar-refractivity contribution in [2.45, 2.75) is 90.6 Å². The summed E-state index contributed by atoms with van der Waals surface area (Å²) < 4.78 is 6.03. The molecule has 1 aromatic rings. The average molecular weight is 446 g/mol. The van der Waals surface area contributed by atoms with Crippen molar-refractivity contribution >= 4 is 11.8 Å². The Hall–Kier alpha value is -1.96. The lowest BCUT2D eigenvalue weighted by atomic mass is 9.76. The van der Waals surface area contributed by atoms with E-state index in [1.165, 1.54) is 0 Å². The molecular weight excluding hydrogens is 406 g/mol. The van der Waals surface area contributed by atoms with Crippen molar-refractivity contribution in [2.24, 2.45) is 11.3 Å². The monoisotopic (exact) mass is 445 g/mol. The first-order valence-electron chi connectivity index (χ1n) is 12.5. The molecule has 1 saturated carbocycles. The number of nitrogens with one attached hydrogen (secondary N) is 1. The first kappa shape index (κ1) is 23.2. The van der Waals surface area contributed by atoms with Crippen molar-refractivity contribution < 1.29 is 14.0 Å². The van der Waals surface area contributed by atoms with Crippen LogP contribution in [-0.4, -0.2) is 64.0 Å². The molecule has 3 fully saturated rings. The number of rotatable bonds is 8. The van der Waals surface area contributed by atoms with Crippen LogP contribution in [0.4, 0.5) is 0 Å². The highest BCUT2D eigenvalue weighted by atomic mass is 16.4. The molecule has 1 N–H and O–H groups in total. The number of hydrogen-bond donors (Lipinski definition) is 1. The third-order valence-corrected chi connectivity index (χ3v) is 7.60. The Bertz CT molecular complexity index is 806. The summed E-state index contributed by atoms with van der Waals surface area (Å²) >= 11 is 0. The summed E-state index contributed by atoms with van der Waals surface area (Å²) in [6, 6.07) is 0.314. The van der Waals surface area contributed by atoms with E-state index in [1.54, 1.807) is 0 Å². The fourth-order valence-electron chi connectivity index (χ4n) is 5.31. The SMILES string of the molecule is CCC(CC)C(=O)N1CCC2(CC1)CC(c1nnc(C(C)C)o1)N(CC(=O)NC1CC1)C2. The molecule has 1 spiro atoms. The smallest absolute Gasteiger partial charge is 0.234 e. The van der Waals surface area contributed by atoms with Gasteiger partial charge in [0.2, 0.25) is 23.6 Å². The van der Waals surface area contributed by atoms with Gasteiger partial charge in [-0.15, -0.1) is 10.2 Å². The lowest BCUT2D eigenvalue weighted by molar-refractivity contribution is -0.138. The normalized spacial score (nSPS) is 23.4. The number of carbonyl (C=O) groups is 2. The van der Waals surface area contributed by atoms with Crippen molar-refractivity contribution in [3.63, 3.8) is 0 Å². The average Bonchev–Trinajstić information content (AvgIpc) is 3.31. The van der Waals surface area contributed by atoms with Crippen LogP contribution in [0.3, 0.4) is 0 Å². The minimum absolute atomic E-state index is 0.0405. The van der Waals surface area contributed by atoms with Gasteiger partial charge in [0.05, 0.1) is 12.6 Å². The van der Waals surface area contributed by atoms with Crippen LogP contribution < -0.4 is 5.32 Å². The highest BCUT2D eigenvalue weighted by Crippen LogP contribution is 2.49. The van der Waals surface area contributed by atoms with E-state index in [2.05, 4.69) is 39.2 Å². The lowest BCUT2D eigenvalue weighted by Gasteiger charge is -2.40. The fourth-order valence-corrected chi connectivity index (χ4v) is 5.31. The third-order valence-electron chi connectivity index (χ3n) is 7.60. The van der Waals surface area contributed by atoms with Gasteiger partial charge in [-0.2, -0.15) is 0 Å². The summed E-state index contributed by atoms with van der Waals surface area (Å²) in [4.78, 5) is 29.8. The van der Waals surface area contributed by atoms with E-state index in [-0.39, 0.29) is 29.2 Å². The van der Waals surface area contributed by atoms with Gasteiger partial charge in [0.1, 0.15) is 0 Å². The molecule has 1 aromatic heterocycles. The number of nitrogens with zero attached hydrogens (tertiary/aromatic N) is 4. The Kier molecular flexibility index (Phi) is 6.89. The highest BCUT2D eigenvalue weighted by Gasteiger charge is 2.49. The summed E-state index contributed by atoms with van der Waals surface area (Å²) in [5.74, 6) is 1.97. The molecule has 1 aliphatic carbocycles. The topological polar surface area (TPSA) is 91.6 Å². The van der Waals surface area contributed by atoms with Crippen molar-refractivity contribution in [3.05, 3.63) is 11.8 Å². The molecule has 4 rings (SSSR count). The summed E-state index contributed by atoms with van der Waals surface area (Å²) in [6.45, 7) is 11.1. The fraction of sp³-hybridized carbons (Fsp3) is 0.833. The Morgan fingerprint density at radius 3 is 2.41 bits per heavy atom. The number of piperidine rings is 1. The Morgan fingerprint density at radius 2 is 1.84 bits per heavy atom. The van der Waals surface area contributed by atoms with Crippen LogP contribution >= 0.6 is 0 Å². The molecule has 0 aromatic carbocycles. The molecule has 178 valence electrons. The number of aromatic nitrogens is 2. The number of likely N-dealkylation sites (tertiary alicyclic amines) is 2. The third kappa shape index (κ3) is 5.00. The van der Waals surface area contributed by atoms with E-state index in [1.807, 2.05) is 13.8 Å². The van der Waals surface area contributed by atoms with E-state index in [0.29, 0.717) is 30.3 Å². The van der Waals surface area contributed by atoms with Gasteiger partial charge in [-0.05, 0) is 50.4 Å². The molecule has 0 bridgehead atoms. The van der Waals surface area contributed by atoms with Gasteiger partial charge in [0, 0.05) is 37.5 Å². The second kappa shape index (κ2) is 9.49. The summed E-state index contributed by atoms with van der Waals surface area (Å²) in [6.07, 6.45) is 6.79. The molecule has 32 heavy (non-hydrogen) atoms. The predicted octanol–water partition coefficient (Wildman–Crippen LogP) is 3.26. The Labute approximate surface area is 191 Å². The van der Waals surface area contributed by atoms with Gasteiger partial charge in [0.25, 0.3) is 0 Å². The zero-order valence-electron chi connectivity index (χ0n) is 20.1. The molecule has 0 radical (unpaired) electrons. The van der Waals surface area contributed by atoms with E-state index in [9.17, 15) is 9.59 Å². The zero-order valence-corrected chi connectivity index (χ0v) is 20.1. The summed E-state index contributed by atoms with van der Waals surface area (Å²) in [7, 11) is 0. The van der Waals surface area contributed by atoms with Gasteiger partial charge in [0.15, 0.2) is 0 Å². The molecule has 2 aliphatic heterocycles. The highest BCUT2D eigenvalue weighted by molar-refractivity contribution is 5.79. The van der Waals surface area contributed by atoms with E-state index >= 15 is 0 Å². The van der Waals surface area contributed by atoms with Crippen molar-refractivity contribution in [1.29, 1.82) is 0 Å². The standard InChI is InChI=1S/C24H39N5O3/c1-5-17(6-2)23(31)28-11-9-24(10-12-28)13-19(22-27-26-21(32-22)16(3)4)29(15-24)14-20(30)25-18-7-8-18/h16-19H,5-15H2,1-4H3,(H,25,30). The number of carbonyl (C=O) groups excluding carboxylic acids is 2. The second-order valence-electron chi connectivity index (χ2n) is 10.4. The van der Waals surface area contributed by atoms with E-state index < -0.39 is 0 Å². The van der Waals surface area contributed by atoms with Crippen molar-refractivity contribution in [2.75, 3.05) is 26.2 Å². The first-order chi connectivity index (χ1) is 15.3. The molecule has 8 nitrogen and oxygen atoms in total. The lowest BCUT2D eigenvalue weighted by Crippen LogP contribution is -2.46. The van der Waals surface area contributed by atoms with Crippen molar-refractivity contribution in [3.8, 4) is 0 Å². The molecule has 2 saturated heterocycles. The van der Waals surface area contributed by atoms with Gasteiger partial charge in [-0.3, -0.25) is 14.5 Å². The number of hydrogen-bond acceptors (Lipinski definition) is 6. The molecule has 2 amide bonds. The Morgan fingerprint density at radius 1 is 1.16 bits per heavy atom. The van der Waals surface area contributed by atoms with Crippen LogP contribution in [0.25, 0.3) is 0 Å². The van der Waals surface area contributed by atoms with Crippen LogP contribution in [0, 0.1) is 11.3 Å². The minimum Gasteiger partial charge on any atom is -0.423 e. The predicted molar refractivity (Wildman–Crippen MR) is 121 cm³/mol. The van der Waals surface area contributed by atoms with Crippen LogP contribution in [0.15, 0.2) is 4.42 Å². The van der Waals surface area contributed by atoms with Crippen LogP contribution in [0.2, 0.25) is 0 Å². The maximum atomic E-state index is 12.9.